The number of anilines is 1. The van der Waals surface area contributed by atoms with Crippen LogP contribution in [0.5, 0.6) is 11.5 Å². The fourth-order valence-corrected chi connectivity index (χ4v) is 3.24. The van der Waals surface area contributed by atoms with E-state index in [1.165, 1.54) is 0 Å². The molecule has 28 heavy (non-hydrogen) atoms. The molecule has 0 unspecified atom stereocenters. The molecule has 0 heterocycles. The highest BCUT2D eigenvalue weighted by Gasteiger charge is 2.08. The van der Waals surface area contributed by atoms with Gasteiger partial charge >= 0.3 is 0 Å². The molecular weight excluding hydrogens is 440 g/mol. The van der Waals surface area contributed by atoms with Crippen LogP contribution in [0.1, 0.15) is 11.1 Å². The third kappa shape index (κ3) is 5.39. The lowest BCUT2D eigenvalue weighted by atomic mass is 10.2. The van der Waals surface area contributed by atoms with Gasteiger partial charge in [-0.25, -0.2) is 0 Å². The zero-order chi connectivity index (χ0) is 20.1. The van der Waals surface area contributed by atoms with Gasteiger partial charge in [-0.3, -0.25) is 0 Å². The maximum absolute atomic E-state index is 6.18. The fraction of sp³-hybridized carbons (Fsp3) is 0.143. The average Bonchev–Trinajstić information content (AvgIpc) is 2.69. The normalized spacial score (nSPS) is 10.6. The predicted molar refractivity (Wildman–Crippen MR) is 118 cm³/mol. The number of nitrogens with one attached hydrogen (secondary N) is 1. The number of methoxy groups -OCH3 is 1. The van der Waals surface area contributed by atoms with Crippen LogP contribution in [-0.2, 0) is 13.2 Å². The van der Waals surface area contributed by atoms with Crippen LogP contribution in [0.25, 0.3) is 0 Å². The standard InChI is InChI=1S/C21H17Cl4NO2/c1-27-21-9-13(11-26-19-10-15(22)4-6-17(19)24)3-7-20(21)28-12-14-2-5-16(23)18(25)8-14/h2-10,26H,11-12H2,1H3. The molecule has 0 atom stereocenters. The molecule has 3 nitrogen and oxygen atoms in total. The summed E-state index contributed by atoms with van der Waals surface area (Å²) in [5.41, 5.74) is 2.70. The van der Waals surface area contributed by atoms with Gasteiger partial charge in [0.15, 0.2) is 11.5 Å². The topological polar surface area (TPSA) is 30.5 Å². The Morgan fingerprint density at radius 3 is 2.25 bits per heavy atom. The first-order valence-electron chi connectivity index (χ1n) is 8.39. The molecule has 0 amide bonds. The summed E-state index contributed by atoms with van der Waals surface area (Å²) >= 11 is 24.2. The van der Waals surface area contributed by atoms with Gasteiger partial charge in [0, 0.05) is 11.6 Å². The molecule has 1 N–H and O–H groups in total. The molecule has 0 fully saturated rings. The summed E-state index contributed by atoms with van der Waals surface area (Å²) in [5, 5.41) is 5.51. The van der Waals surface area contributed by atoms with Gasteiger partial charge in [0.05, 0.1) is 27.9 Å². The lowest BCUT2D eigenvalue weighted by Gasteiger charge is -2.14. The Morgan fingerprint density at radius 1 is 0.750 bits per heavy atom. The van der Waals surface area contributed by atoms with Crippen molar-refractivity contribution in [3.05, 3.63) is 85.8 Å². The van der Waals surface area contributed by atoms with Crippen molar-refractivity contribution in [2.75, 3.05) is 12.4 Å². The number of benzene rings is 3. The van der Waals surface area contributed by atoms with E-state index < -0.39 is 0 Å². The molecule has 0 aromatic heterocycles. The van der Waals surface area contributed by atoms with E-state index in [0.29, 0.717) is 44.7 Å². The molecule has 0 aliphatic carbocycles. The van der Waals surface area contributed by atoms with E-state index >= 15 is 0 Å². The molecule has 7 heteroatoms. The third-order valence-electron chi connectivity index (χ3n) is 4.02. The lowest BCUT2D eigenvalue weighted by molar-refractivity contribution is 0.284. The van der Waals surface area contributed by atoms with Gasteiger partial charge in [0.25, 0.3) is 0 Å². The van der Waals surface area contributed by atoms with Crippen molar-refractivity contribution < 1.29 is 9.47 Å². The second kappa shape index (κ2) is 9.62. The van der Waals surface area contributed by atoms with Crippen LogP contribution < -0.4 is 14.8 Å². The smallest absolute Gasteiger partial charge is 0.161 e. The van der Waals surface area contributed by atoms with Crippen molar-refractivity contribution in [1.29, 1.82) is 0 Å². The molecule has 0 spiro atoms. The molecule has 3 aromatic rings. The number of halogens is 4. The SMILES string of the molecule is COc1cc(CNc2cc(Cl)ccc2Cl)ccc1OCc1ccc(Cl)c(Cl)c1. The third-order valence-corrected chi connectivity index (χ3v) is 5.32. The van der Waals surface area contributed by atoms with Crippen molar-refractivity contribution in [2.45, 2.75) is 13.2 Å². The molecule has 0 radical (unpaired) electrons. The molecule has 0 saturated carbocycles. The maximum Gasteiger partial charge on any atom is 0.161 e. The second-order valence-electron chi connectivity index (χ2n) is 6.00. The van der Waals surface area contributed by atoms with Crippen LogP contribution in [0.3, 0.4) is 0 Å². The monoisotopic (exact) mass is 455 g/mol. The van der Waals surface area contributed by atoms with Crippen LogP contribution in [0, 0.1) is 0 Å². The van der Waals surface area contributed by atoms with E-state index in [2.05, 4.69) is 5.32 Å². The summed E-state index contributed by atoms with van der Waals surface area (Å²) in [5.74, 6) is 1.27. The number of hydrogen-bond donors (Lipinski definition) is 1. The van der Waals surface area contributed by atoms with E-state index in [1.807, 2.05) is 24.3 Å². The first kappa shape index (κ1) is 20.9. The summed E-state index contributed by atoms with van der Waals surface area (Å²) in [4.78, 5) is 0. The van der Waals surface area contributed by atoms with Crippen LogP contribution in [0.15, 0.2) is 54.6 Å². The zero-order valence-electron chi connectivity index (χ0n) is 14.9. The quantitative estimate of drug-likeness (QED) is 0.399. The van der Waals surface area contributed by atoms with Gasteiger partial charge in [0.2, 0.25) is 0 Å². The minimum Gasteiger partial charge on any atom is -0.493 e. The summed E-state index contributed by atoms with van der Waals surface area (Å²) in [6.45, 7) is 0.909. The van der Waals surface area contributed by atoms with Crippen molar-refractivity contribution in [3.8, 4) is 11.5 Å². The van der Waals surface area contributed by atoms with Crippen LogP contribution in [-0.4, -0.2) is 7.11 Å². The Kier molecular flexibility index (Phi) is 7.19. The summed E-state index contributed by atoms with van der Waals surface area (Å²) in [6, 6.07) is 16.4. The van der Waals surface area contributed by atoms with E-state index in [0.717, 1.165) is 16.8 Å². The van der Waals surface area contributed by atoms with Gasteiger partial charge in [-0.2, -0.15) is 0 Å². The van der Waals surface area contributed by atoms with Gasteiger partial charge in [-0.15, -0.1) is 0 Å². The van der Waals surface area contributed by atoms with Crippen LogP contribution in [0.2, 0.25) is 20.1 Å². The van der Waals surface area contributed by atoms with Crippen molar-refractivity contribution >= 4 is 52.1 Å². The Labute approximate surface area is 184 Å². The molecule has 0 aliphatic rings. The minimum absolute atomic E-state index is 0.350. The van der Waals surface area contributed by atoms with Crippen molar-refractivity contribution in [1.82, 2.24) is 0 Å². The molecule has 0 saturated heterocycles. The van der Waals surface area contributed by atoms with Gasteiger partial charge in [-0.05, 0) is 53.6 Å². The summed E-state index contributed by atoms with van der Waals surface area (Å²) in [7, 11) is 1.60. The highest BCUT2D eigenvalue weighted by atomic mass is 35.5. The highest BCUT2D eigenvalue weighted by molar-refractivity contribution is 6.42. The van der Waals surface area contributed by atoms with Crippen molar-refractivity contribution in [2.24, 2.45) is 0 Å². The van der Waals surface area contributed by atoms with E-state index in [-0.39, 0.29) is 0 Å². The highest BCUT2D eigenvalue weighted by Crippen LogP contribution is 2.31. The van der Waals surface area contributed by atoms with Gasteiger partial charge in [0.1, 0.15) is 6.61 Å². The number of ether oxygens (including phenoxy) is 2. The molecule has 0 bridgehead atoms. The van der Waals surface area contributed by atoms with E-state index in [9.17, 15) is 0 Å². The van der Waals surface area contributed by atoms with E-state index in [4.69, 9.17) is 55.9 Å². The second-order valence-corrected chi connectivity index (χ2v) is 7.66. The molecule has 3 aromatic carbocycles. The average molecular weight is 457 g/mol. The first-order chi connectivity index (χ1) is 13.5. The summed E-state index contributed by atoms with van der Waals surface area (Å²) in [6.07, 6.45) is 0. The van der Waals surface area contributed by atoms with E-state index in [1.54, 1.807) is 37.4 Å². The van der Waals surface area contributed by atoms with Gasteiger partial charge < -0.3 is 14.8 Å². The molecule has 146 valence electrons. The Bertz CT molecular complexity index is 979. The Morgan fingerprint density at radius 2 is 1.50 bits per heavy atom. The largest absolute Gasteiger partial charge is 0.493 e. The maximum atomic E-state index is 6.18. The molecule has 3 rings (SSSR count). The van der Waals surface area contributed by atoms with Gasteiger partial charge in [-0.1, -0.05) is 58.5 Å². The fourth-order valence-electron chi connectivity index (χ4n) is 2.56. The molecular formula is C21H17Cl4NO2. The first-order valence-corrected chi connectivity index (χ1v) is 9.90. The number of rotatable bonds is 7. The number of hydrogen-bond acceptors (Lipinski definition) is 3. The van der Waals surface area contributed by atoms with Crippen molar-refractivity contribution in [3.63, 3.8) is 0 Å². The predicted octanol–water partition coefficient (Wildman–Crippen LogP) is 7.50. The Hall–Kier alpha value is -1.78. The summed E-state index contributed by atoms with van der Waals surface area (Å²) < 4.78 is 11.3. The Balaban J connectivity index is 1.67. The van der Waals surface area contributed by atoms with Crippen LogP contribution in [0.4, 0.5) is 5.69 Å². The molecule has 0 aliphatic heterocycles. The van der Waals surface area contributed by atoms with Crippen LogP contribution >= 0.6 is 46.4 Å². The lowest BCUT2D eigenvalue weighted by Crippen LogP contribution is -2.02. The zero-order valence-corrected chi connectivity index (χ0v) is 18.0. The minimum atomic E-state index is 0.350.